The molecule has 1 atom stereocenters. The predicted molar refractivity (Wildman–Crippen MR) is 68.9 cm³/mol. The van der Waals surface area contributed by atoms with Crippen LogP contribution in [-0.2, 0) is 4.79 Å². The molecule has 0 bridgehead atoms. The van der Waals surface area contributed by atoms with Gasteiger partial charge in [-0.3, -0.25) is 14.7 Å². The van der Waals surface area contributed by atoms with E-state index in [4.69, 9.17) is 5.11 Å². The van der Waals surface area contributed by atoms with E-state index >= 15 is 0 Å². The number of H-pyrrole nitrogens is 1. The third-order valence-electron chi connectivity index (χ3n) is 3.50. The SMILES string of the molecule is CC(C)c1cc(C(=O)N2CCC[C@H](C(=O)O)C2)n[nH]1. The minimum Gasteiger partial charge on any atom is -0.481 e. The van der Waals surface area contributed by atoms with E-state index in [1.54, 1.807) is 11.0 Å². The summed E-state index contributed by atoms with van der Waals surface area (Å²) in [4.78, 5) is 24.8. The molecule has 6 nitrogen and oxygen atoms in total. The summed E-state index contributed by atoms with van der Waals surface area (Å²) in [6, 6.07) is 1.75. The van der Waals surface area contributed by atoms with Crippen molar-refractivity contribution >= 4 is 11.9 Å². The first-order chi connectivity index (χ1) is 8.99. The molecule has 2 N–H and O–H groups in total. The van der Waals surface area contributed by atoms with Gasteiger partial charge in [-0.05, 0) is 24.8 Å². The van der Waals surface area contributed by atoms with Crippen molar-refractivity contribution in [3.8, 4) is 0 Å². The van der Waals surface area contributed by atoms with Gasteiger partial charge in [0, 0.05) is 18.8 Å². The lowest BCUT2D eigenvalue weighted by atomic mass is 9.98. The molecule has 0 aliphatic carbocycles. The molecular formula is C13H19N3O3. The lowest BCUT2D eigenvalue weighted by molar-refractivity contribution is -0.143. The number of nitrogens with one attached hydrogen (secondary N) is 1. The fourth-order valence-corrected chi connectivity index (χ4v) is 2.27. The zero-order valence-electron chi connectivity index (χ0n) is 11.2. The Morgan fingerprint density at radius 1 is 1.53 bits per heavy atom. The molecular weight excluding hydrogens is 246 g/mol. The molecule has 1 saturated heterocycles. The van der Waals surface area contributed by atoms with Gasteiger partial charge in [-0.15, -0.1) is 0 Å². The van der Waals surface area contributed by atoms with E-state index < -0.39 is 11.9 Å². The zero-order chi connectivity index (χ0) is 14.0. The summed E-state index contributed by atoms with van der Waals surface area (Å²) in [7, 11) is 0. The number of hydrogen-bond donors (Lipinski definition) is 2. The van der Waals surface area contributed by atoms with Gasteiger partial charge in [0.05, 0.1) is 5.92 Å². The van der Waals surface area contributed by atoms with Crippen molar-refractivity contribution in [2.75, 3.05) is 13.1 Å². The van der Waals surface area contributed by atoms with E-state index in [-0.39, 0.29) is 18.4 Å². The molecule has 0 aromatic carbocycles. The Bertz CT molecular complexity index is 481. The molecule has 1 aliphatic rings. The molecule has 2 heterocycles. The summed E-state index contributed by atoms with van der Waals surface area (Å²) in [6.07, 6.45) is 1.36. The number of carboxylic acids is 1. The van der Waals surface area contributed by atoms with Crippen LogP contribution in [0.1, 0.15) is 48.8 Å². The van der Waals surface area contributed by atoms with E-state index in [1.807, 2.05) is 13.8 Å². The number of amides is 1. The van der Waals surface area contributed by atoms with E-state index in [9.17, 15) is 9.59 Å². The maximum absolute atomic E-state index is 12.3. The second kappa shape index (κ2) is 5.42. The number of aliphatic carboxylic acids is 1. The summed E-state index contributed by atoms with van der Waals surface area (Å²) in [5.74, 6) is -1.19. The first-order valence-electron chi connectivity index (χ1n) is 6.56. The third-order valence-corrected chi connectivity index (χ3v) is 3.50. The van der Waals surface area contributed by atoms with Crippen molar-refractivity contribution in [2.45, 2.75) is 32.6 Å². The number of piperidine rings is 1. The number of aromatic amines is 1. The van der Waals surface area contributed by atoms with Gasteiger partial charge in [-0.25, -0.2) is 0 Å². The molecule has 0 unspecified atom stereocenters. The number of carbonyl (C=O) groups excluding carboxylic acids is 1. The second-order valence-corrected chi connectivity index (χ2v) is 5.29. The van der Waals surface area contributed by atoms with Crippen molar-refractivity contribution in [1.82, 2.24) is 15.1 Å². The maximum Gasteiger partial charge on any atom is 0.308 e. The highest BCUT2D eigenvalue weighted by atomic mass is 16.4. The molecule has 104 valence electrons. The molecule has 6 heteroatoms. The van der Waals surface area contributed by atoms with Crippen LogP contribution in [0.3, 0.4) is 0 Å². The van der Waals surface area contributed by atoms with Crippen LogP contribution >= 0.6 is 0 Å². The van der Waals surface area contributed by atoms with Crippen LogP contribution in [0.5, 0.6) is 0 Å². The fourth-order valence-electron chi connectivity index (χ4n) is 2.27. The van der Waals surface area contributed by atoms with Crippen LogP contribution in [0.4, 0.5) is 0 Å². The Morgan fingerprint density at radius 2 is 2.26 bits per heavy atom. The van der Waals surface area contributed by atoms with Gasteiger partial charge < -0.3 is 10.0 Å². The Morgan fingerprint density at radius 3 is 2.84 bits per heavy atom. The average molecular weight is 265 g/mol. The molecule has 1 amide bonds. The smallest absolute Gasteiger partial charge is 0.308 e. The monoisotopic (exact) mass is 265 g/mol. The number of nitrogens with zero attached hydrogens (tertiary/aromatic N) is 2. The fraction of sp³-hybridized carbons (Fsp3) is 0.615. The summed E-state index contributed by atoms with van der Waals surface area (Å²) in [5.41, 5.74) is 1.28. The first kappa shape index (κ1) is 13.6. The van der Waals surface area contributed by atoms with Crippen molar-refractivity contribution in [2.24, 2.45) is 5.92 Å². The van der Waals surface area contributed by atoms with Gasteiger partial charge in [0.2, 0.25) is 0 Å². The molecule has 0 radical (unpaired) electrons. The van der Waals surface area contributed by atoms with Crippen molar-refractivity contribution in [1.29, 1.82) is 0 Å². The number of hydrogen-bond acceptors (Lipinski definition) is 3. The standard InChI is InChI=1S/C13H19N3O3/c1-8(2)10-6-11(15-14-10)12(17)16-5-3-4-9(7-16)13(18)19/h6,8-9H,3-5,7H2,1-2H3,(H,14,15)(H,18,19)/t9-/m0/s1. The molecule has 19 heavy (non-hydrogen) atoms. The van der Waals surface area contributed by atoms with Crippen molar-refractivity contribution in [3.63, 3.8) is 0 Å². The topological polar surface area (TPSA) is 86.3 Å². The Kier molecular flexibility index (Phi) is 3.87. The largest absolute Gasteiger partial charge is 0.481 e. The Labute approximate surface area is 111 Å². The lowest BCUT2D eigenvalue weighted by Gasteiger charge is -2.30. The van der Waals surface area contributed by atoms with E-state index in [2.05, 4.69) is 10.2 Å². The highest BCUT2D eigenvalue weighted by Crippen LogP contribution is 2.19. The number of rotatable bonds is 3. The number of aromatic nitrogens is 2. The highest BCUT2D eigenvalue weighted by Gasteiger charge is 2.29. The average Bonchev–Trinajstić information content (AvgIpc) is 2.87. The maximum atomic E-state index is 12.3. The zero-order valence-corrected chi connectivity index (χ0v) is 11.2. The molecule has 2 rings (SSSR count). The quantitative estimate of drug-likeness (QED) is 0.866. The number of likely N-dealkylation sites (tertiary alicyclic amines) is 1. The molecule has 1 aromatic heterocycles. The predicted octanol–water partition coefficient (Wildman–Crippen LogP) is 1.47. The van der Waals surface area contributed by atoms with Crippen LogP contribution in [0, 0.1) is 5.92 Å². The highest BCUT2D eigenvalue weighted by molar-refractivity contribution is 5.92. The van der Waals surface area contributed by atoms with E-state index in [0.717, 1.165) is 12.1 Å². The lowest BCUT2D eigenvalue weighted by Crippen LogP contribution is -2.42. The summed E-state index contributed by atoms with van der Waals surface area (Å²) < 4.78 is 0. The summed E-state index contributed by atoms with van der Waals surface area (Å²) >= 11 is 0. The number of carbonyl (C=O) groups is 2. The summed E-state index contributed by atoms with van der Waals surface area (Å²) in [5, 5.41) is 15.9. The molecule has 0 saturated carbocycles. The van der Waals surface area contributed by atoms with Crippen molar-refractivity contribution in [3.05, 3.63) is 17.5 Å². The molecule has 1 fully saturated rings. The second-order valence-electron chi connectivity index (χ2n) is 5.29. The van der Waals surface area contributed by atoms with Crippen LogP contribution in [0.2, 0.25) is 0 Å². The van der Waals surface area contributed by atoms with Crippen LogP contribution in [0.15, 0.2) is 6.07 Å². The summed E-state index contributed by atoms with van der Waals surface area (Å²) in [6.45, 7) is 4.91. The van der Waals surface area contributed by atoms with E-state index in [1.165, 1.54) is 0 Å². The van der Waals surface area contributed by atoms with Crippen LogP contribution in [0.25, 0.3) is 0 Å². The third kappa shape index (κ3) is 2.94. The van der Waals surface area contributed by atoms with Gasteiger partial charge >= 0.3 is 5.97 Å². The van der Waals surface area contributed by atoms with Crippen LogP contribution < -0.4 is 0 Å². The minimum absolute atomic E-state index is 0.186. The van der Waals surface area contributed by atoms with Crippen molar-refractivity contribution < 1.29 is 14.7 Å². The molecule has 0 spiro atoms. The van der Waals surface area contributed by atoms with E-state index in [0.29, 0.717) is 18.7 Å². The van der Waals surface area contributed by atoms with Gasteiger partial charge in [0.15, 0.2) is 0 Å². The Hall–Kier alpha value is -1.85. The minimum atomic E-state index is -0.831. The van der Waals surface area contributed by atoms with Gasteiger partial charge in [0.25, 0.3) is 5.91 Å². The van der Waals surface area contributed by atoms with Gasteiger partial charge in [0.1, 0.15) is 5.69 Å². The van der Waals surface area contributed by atoms with Gasteiger partial charge in [-0.1, -0.05) is 13.8 Å². The normalized spacial score (nSPS) is 19.7. The van der Waals surface area contributed by atoms with Gasteiger partial charge in [-0.2, -0.15) is 5.10 Å². The first-order valence-corrected chi connectivity index (χ1v) is 6.56. The number of carboxylic acid groups (broad SMARTS) is 1. The van der Waals surface area contributed by atoms with Crippen LogP contribution in [-0.4, -0.2) is 45.2 Å². The Balaban J connectivity index is 2.08. The molecule has 1 aromatic rings. The molecule has 1 aliphatic heterocycles.